The van der Waals surface area contributed by atoms with E-state index in [0.717, 1.165) is 48.8 Å². The molecule has 0 atom stereocenters. The van der Waals surface area contributed by atoms with E-state index in [-0.39, 0.29) is 30.7 Å². The number of carbonyl (C=O) groups is 2. The topological polar surface area (TPSA) is 52.7 Å². The van der Waals surface area contributed by atoms with E-state index >= 15 is 0 Å². The summed E-state index contributed by atoms with van der Waals surface area (Å²) in [7, 11) is 0. The fraction of sp³-hybridized carbons (Fsp3) is 0.440. The fourth-order valence-electron chi connectivity index (χ4n) is 4.35. The molecule has 164 valence electrons. The third kappa shape index (κ3) is 5.69. The molecule has 0 aliphatic carbocycles. The number of rotatable bonds is 6. The van der Waals surface area contributed by atoms with Gasteiger partial charge in [0.2, 0.25) is 11.8 Å². The zero-order valence-corrected chi connectivity index (χ0v) is 19.0. The van der Waals surface area contributed by atoms with Crippen molar-refractivity contribution in [3.63, 3.8) is 0 Å². The van der Waals surface area contributed by atoms with E-state index in [1.54, 1.807) is 11.8 Å². The molecule has 0 radical (unpaired) electrons. The number of amides is 2. The van der Waals surface area contributed by atoms with Crippen molar-refractivity contribution in [2.24, 2.45) is 0 Å². The molecule has 2 aromatic carbocycles. The number of nitrogens with zero attached hydrogens (tertiary/aromatic N) is 2. The number of nitrogens with one attached hydrogen (secondary N) is 1. The first-order valence-corrected chi connectivity index (χ1v) is 12.2. The van der Waals surface area contributed by atoms with E-state index in [1.165, 1.54) is 11.1 Å². The molecule has 2 aliphatic rings. The Bertz CT molecular complexity index is 924. The van der Waals surface area contributed by atoms with Crippen molar-refractivity contribution in [1.82, 2.24) is 10.2 Å². The number of hydrogen-bond acceptors (Lipinski definition) is 4. The van der Waals surface area contributed by atoms with Crippen molar-refractivity contribution in [3.05, 3.63) is 59.7 Å². The molecule has 2 aromatic rings. The maximum absolute atomic E-state index is 12.7. The molecule has 0 saturated carbocycles. The molecule has 1 fully saturated rings. The number of aryl methyl sites for hydroxylation is 1. The number of hydrogen-bond donors (Lipinski definition) is 1. The smallest absolute Gasteiger partial charge is 0.227 e. The predicted molar refractivity (Wildman–Crippen MR) is 126 cm³/mol. The summed E-state index contributed by atoms with van der Waals surface area (Å²) in [6, 6.07) is 16.7. The van der Waals surface area contributed by atoms with Gasteiger partial charge in [0.05, 0.1) is 5.69 Å². The molecule has 5 nitrogen and oxygen atoms in total. The largest absolute Gasteiger partial charge is 0.353 e. The quantitative estimate of drug-likeness (QED) is 0.742. The van der Waals surface area contributed by atoms with Gasteiger partial charge >= 0.3 is 0 Å². The van der Waals surface area contributed by atoms with Crippen LogP contribution in [0.15, 0.2) is 53.4 Å². The van der Waals surface area contributed by atoms with Gasteiger partial charge in [0.25, 0.3) is 0 Å². The van der Waals surface area contributed by atoms with Crippen molar-refractivity contribution in [1.29, 1.82) is 0 Å². The molecule has 1 saturated heterocycles. The van der Waals surface area contributed by atoms with E-state index in [4.69, 9.17) is 0 Å². The Morgan fingerprint density at radius 3 is 2.55 bits per heavy atom. The normalized spacial score (nSPS) is 17.3. The Morgan fingerprint density at radius 2 is 1.74 bits per heavy atom. The highest BCUT2D eigenvalue weighted by molar-refractivity contribution is 7.99. The van der Waals surface area contributed by atoms with Crippen LogP contribution in [0.25, 0.3) is 0 Å². The summed E-state index contributed by atoms with van der Waals surface area (Å²) in [5, 5.41) is 3.15. The lowest BCUT2D eigenvalue weighted by Crippen LogP contribution is -2.44. The Morgan fingerprint density at radius 1 is 1.00 bits per heavy atom. The molecular weight excluding hydrogens is 406 g/mol. The van der Waals surface area contributed by atoms with Gasteiger partial charge in [-0.25, -0.2) is 0 Å². The molecule has 31 heavy (non-hydrogen) atoms. The highest BCUT2D eigenvalue weighted by Crippen LogP contribution is 2.34. The minimum atomic E-state index is -0.00891. The highest BCUT2D eigenvalue weighted by Gasteiger charge is 2.24. The number of likely N-dealkylation sites (tertiary alicyclic amines) is 1. The molecular formula is C25H31N3O2S. The minimum Gasteiger partial charge on any atom is -0.353 e. The van der Waals surface area contributed by atoms with Crippen LogP contribution in [0.4, 0.5) is 5.69 Å². The van der Waals surface area contributed by atoms with Gasteiger partial charge in [-0.3, -0.25) is 14.5 Å². The lowest BCUT2D eigenvalue weighted by Gasteiger charge is -2.32. The molecule has 0 bridgehead atoms. The van der Waals surface area contributed by atoms with Crippen molar-refractivity contribution in [2.75, 3.05) is 30.3 Å². The number of benzene rings is 2. The second-order valence-electron chi connectivity index (χ2n) is 8.41. The van der Waals surface area contributed by atoms with Crippen molar-refractivity contribution >= 4 is 29.3 Å². The van der Waals surface area contributed by atoms with E-state index in [0.29, 0.717) is 6.54 Å². The minimum absolute atomic E-state index is 0.00891. The summed E-state index contributed by atoms with van der Waals surface area (Å²) >= 11 is 1.78. The van der Waals surface area contributed by atoms with Crippen LogP contribution < -0.4 is 10.2 Å². The number of fused-ring (bicyclic) bond motifs is 1. The van der Waals surface area contributed by atoms with Crippen LogP contribution >= 0.6 is 11.8 Å². The second-order valence-corrected chi connectivity index (χ2v) is 9.54. The third-order valence-electron chi connectivity index (χ3n) is 6.20. The average Bonchev–Trinajstić information content (AvgIpc) is 2.80. The first-order valence-electron chi connectivity index (χ1n) is 11.2. The molecule has 6 heteroatoms. The number of thioether (sulfide) groups is 1. The Hall–Kier alpha value is -2.31. The number of carbonyl (C=O) groups excluding carboxylic acids is 2. The van der Waals surface area contributed by atoms with Crippen molar-refractivity contribution in [3.8, 4) is 0 Å². The molecule has 0 aromatic heterocycles. The van der Waals surface area contributed by atoms with Crippen LogP contribution in [0.5, 0.6) is 0 Å². The summed E-state index contributed by atoms with van der Waals surface area (Å²) in [4.78, 5) is 30.6. The first-order chi connectivity index (χ1) is 15.1. The van der Waals surface area contributed by atoms with E-state index in [1.807, 2.05) is 23.1 Å². The van der Waals surface area contributed by atoms with Crippen LogP contribution in [-0.4, -0.2) is 48.1 Å². The third-order valence-corrected chi connectivity index (χ3v) is 7.25. The Balaban J connectivity index is 1.20. The van der Waals surface area contributed by atoms with Gasteiger partial charge in [-0.2, -0.15) is 0 Å². The van der Waals surface area contributed by atoms with Crippen LogP contribution in [-0.2, 0) is 16.1 Å². The van der Waals surface area contributed by atoms with Gasteiger partial charge in [-0.15, -0.1) is 11.8 Å². The number of anilines is 1. The summed E-state index contributed by atoms with van der Waals surface area (Å²) < 4.78 is 0. The van der Waals surface area contributed by atoms with Crippen LogP contribution in [0.2, 0.25) is 0 Å². The van der Waals surface area contributed by atoms with Gasteiger partial charge in [-0.05, 0) is 43.0 Å². The average molecular weight is 438 g/mol. The molecule has 2 aliphatic heterocycles. The highest BCUT2D eigenvalue weighted by atomic mass is 32.2. The van der Waals surface area contributed by atoms with Crippen LogP contribution in [0, 0.1) is 6.92 Å². The number of para-hydroxylation sites is 1. The van der Waals surface area contributed by atoms with Crippen LogP contribution in [0.1, 0.15) is 36.8 Å². The van der Waals surface area contributed by atoms with E-state index < -0.39 is 0 Å². The standard InChI is InChI=1S/C25H31N3O2S/c1-19-6-2-3-7-20(19)18-27-14-12-21(13-15-27)26-24(29)10-11-25(30)28-16-17-31-23-9-5-4-8-22(23)28/h2-9,21H,10-18H2,1H3,(H,26,29). The maximum Gasteiger partial charge on any atom is 0.227 e. The van der Waals surface area contributed by atoms with Gasteiger partial charge in [0, 0.05) is 55.7 Å². The first kappa shape index (κ1) is 21.9. The summed E-state index contributed by atoms with van der Waals surface area (Å²) in [5.74, 6) is 0.928. The van der Waals surface area contributed by atoms with Crippen molar-refractivity contribution < 1.29 is 9.59 Å². The second kappa shape index (κ2) is 10.3. The fourth-order valence-corrected chi connectivity index (χ4v) is 5.34. The zero-order chi connectivity index (χ0) is 21.6. The lowest BCUT2D eigenvalue weighted by molar-refractivity contribution is -0.125. The molecule has 2 heterocycles. The van der Waals surface area contributed by atoms with E-state index in [9.17, 15) is 9.59 Å². The Kier molecular flexibility index (Phi) is 7.30. The van der Waals surface area contributed by atoms with Crippen molar-refractivity contribution in [2.45, 2.75) is 50.1 Å². The van der Waals surface area contributed by atoms with Gasteiger partial charge in [0.1, 0.15) is 0 Å². The molecule has 2 amide bonds. The lowest BCUT2D eigenvalue weighted by atomic mass is 10.0. The Labute approximate surface area is 189 Å². The summed E-state index contributed by atoms with van der Waals surface area (Å²) in [6.45, 7) is 5.81. The predicted octanol–water partition coefficient (Wildman–Crippen LogP) is 3.99. The maximum atomic E-state index is 12.7. The van der Waals surface area contributed by atoms with E-state index in [2.05, 4.69) is 47.5 Å². The van der Waals surface area contributed by atoms with Crippen LogP contribution in [0.3, 0.4) is 0 Å². The zero-order valence-electron chi connectivity index (χ0n) is 18.2. The van der Waals surface area contributed by atoms with Gasteiger partial charge < -0.3 is 10.2 Å². The van der Waals surface area contributed by atoms with Gasteiger partial charge in [-0.1, -0.05) is 36.4 Å². The molecule has 1 N–H and O–H groups in total. The SMILES string of the molecule is Cc1ccccc1CN1CCC(NC(=O)CCC(=O)N2CCSc3ccccc32)CC1. The number of piperidine rings is 1. The molecule has 4 rings (SSSR count). The summed E-state index contributed by atoms with van der Waals surface area (Å²) in [5.41, 5.74) is 3.68. The van der Waals surface area contributed by atoms with Gasteiger partial charge in [0.15, 0.2) is 0 Å². The molecule has 0 unspecified atom stereocenters. The monoisotopic (exact) mass is 437 g/mol. The summed E-state index contributed by atoms with van der Waals surface area (Å²) in [6.07, 6.45) is 2.44. The molecule has 0 spiro atoms.